The van der Waals surface area contributed by atoms with E-state index >= 15 is 0 Å². The molecule has 35 heavy (non-hydrogen) atoms. The highest BCUT2D eigenvalue weighted by Gasteiger charge is 2.16. The number of nitrogens with zero attached hydrogens (tertiary/aromatic N) is 1. The number of pyridine rings is 1. The number of rotatable bonds is 10. The van der Waals surface area contributed by atoms with Crippen molar-refractivity contribution in [2.75, 3.05) is 0 Å². The van der Waals surface area contributed by atoms with Crippen LogP contribution in [-0.4, -0.2) is 19.3 Å². The number of hydrogen-bond acceptors (Lipinski definition) is 5. The van der Waals surface area contributed by atoms with Gasteiger partial charge in [-0.2, -0.15) is 0 Å². The molecule has 0 radical (unpaired) electrons. The predicted molar refractivity (Wildman–Crippen MR) is 133 cm³/mol. The van der Waals surface area contributed by atoms with Crippen LogP contribution in [0.2, 0.25) is 0 Å². The Morgan fingerprint density at radius 3 is 2.23 bits per heavy atom. The molecule has 0 bridgehead atoms. The normalized spacial score (nSPS) is 11.1. The second-order valence-corrected chi connectivity index (χ2v) is 9.56. The number of sulfonamides is 1. The van der Waals surface area contributed by atoms with E-state index in [0.717, 1.165) is 16.7 Å². The van der Waals surface area contributed by atoms with Crippen LogP contribution >= 0.6 is 0 Å². The maximum Gasteiger partial charge on any atom is 0.251 e. The topological polar surface area (TPSA) is 97.4 Å². The van der Waals surface area contributed by atoms with Crippen LogP contribution in [0, 0.1) is 0 Å². The first kappa shape index (κ1) is 24.1. The first-order chi connectivity index (χ1) is 17.0. The van der Waals surface area contributed by atoms with Crippen molar-refractivity contribution in [1.82, 2.24) is 15.0 Å². The molecular weight excluding hydrogens is 462 g/mol. The van der Waals surface area contributed by atoms with Gasteiger partial charge in [-0.05, 0) is 41.0 Å². The number of aromatic nitrogens is 1. The molecule has 1 amide bonds. The van der Waals surface area contributed by atoms with Crippen LogP contribution in [0.1, 0.15) is 27.0 Å². The van der Waals surface area contributed by atoms with Gasteiger partial charge in [0.2, 0.25) is 15.9 Å². The zero-order valence-corrected chi connectivity index (χ0v) is 19.7. The summed E-state index contributed by atoms with van der Waals surface area (Å²) in [6.45, 7) is 0.797. The standard InChI is InChI=1S/C27H25N3O4S/c31-27(29-18-23-14-15-28-26(16-23)34-20-22-10-5-2-6-11-22)24-12-7-13-25(17-24)35(32,33)30-19-21-8-3-1-4-9-21/h1-17,30H,18-20H2,(H,29,31). The van der Waals surface area contributed by atoms with E-state index in [-0.39, 0.29) is 29.5 Å². The molecule has 7 nitrogen and oxygen atoms in total. The van der Waals surface area contributed by atoms with Gasteiger partial charge in [0, 0.05) is 30.9 Å². The number of benzene rings is 3. The Morgan fingerprint density at radius 2 is 1.49 bits per heavy atom. The van der Waals surface area contributed by atoms with Gasteiger partial charge in [0.25, 0.3) is 5.91 Å². The van der Waals surface area contributed by atoms with E-state index in [9.17, 15) is 13.2 Å². The van der Waals surface area contributed by atoms with E-state index in [1.165, 1.54) is 12.1 Å². The van der Waals surface area contributed by atoms with Crippen molar-refractivity contribution in [1.29, 1.82) is 0 Å². The minimum Gasteiger partial charge on any atom is -0.473 e. The lowest BCUT2D eigenvalue weighted by atomic mass is 10.2. The summed E-state index contributed by atoms with van der Waals surface area (Å²) < 4.78 is 33.7. The molecule has 4 aromatic rings. The van der Waals surface area contributed by atoms with E-state index in [2.05, 4.69) is 15.0 Å². The van der Waals surface area contributed by atoms with Crippen LogP contribution in [0.15, 0.2) is 108 Å². The van der Waals surface area contributed by atoms with E-state index in [1.807, 2.05) is 60.7 Å². The average molecular weight is 488 g/mol. The molecule has 3 aromatic carbocycles. The van der Waals surface area contributed by atoms with Gasteiger partial charge in [0.15, 0.2) is 0 Å². The maximum atomic E-state index is 12.7. The van der Waals surface area contributed by atoms with Gasteiger partial charge in [-0.15, -0.1) is 0 Å². The Labute approximate surface area is 204 Å². The first-order valence-electron chi connectivity index (χ1n) is 11.0. The van der Waals surface area contributed by atoms with Crippen molar-refractivity contribution in [3.63, 3.8) is 0 Å². The average Bonchev–Trinajstić information content (AvgIpc) is 2.91. The number of hydrogen-bond donors (Lipinski definition) is 2. The molecule has 0 fully saturated rings. The van der Waals surface area contributed by atoms with E-state index in [0.29, 0.717) is 12.5 Å². The molecule has 4 rings (SSSR count). The third kappa shape index (κ3) is 6.99. The minimum atomic E-state index is -3.77. The number of carbonyl (C=O) groups is 1. The lowest BCUT2D eigenvalue weighted by molar-refractivity contribution is 0.0950. The molecule has 0 aliphatic heterocycles. The zero-order valence-electron chi connectivity index (χ0n) is 18.9. The lowest BCUT2D eigenvalue weighted by Crippen LogP contribution is -2.25. The van der Waals surface area contributed by atoms with Gasteiger partial charge in [0.05, 0.1) is 4.90 Å². The quantitative estimate of drug-likeness (QED) is 0.352. The fourth-order valence-electron chi connectivity index (χ4n) is 3.32. The van der Waals surface area contributed by atoms with Crippen LogP contribution in [-0.2, 0) is 29.7 Å². The second-order valence-electron chi connectivity index (χ2n) is 7.80. The molecule has 0 atom stereocenters. The summed E-state index contributed by atoms with van der Waals surface area (Å²) in [5.74, 6) is 0.0758. The number of amides is 1. The Hall–Kier alpha value is -4.01. The fraction of sp³-hybridized carbons (Fsp3) is 0.111. The van der Waals surface area contributed by atoms with Crippen molar-refractivity contribution in [3.05, 3.63) is 126 Å². The van der Waals surface area contributed by atoms with Gasteiger partial charge in [-0.1, -0.05) is 66.7 Å². The summed E-state index contributed by atoms with van der Waals surface area (Å²) in [6.07, 6.45) is 1.62. The van der Waals surface area contributed by atoms with Crippen LogP contribution < -0.4 is 14.8 Å². The van der Waals surface area contributed by atoms with E-state index in [4.69, 9.17) is 4.74 Å². The molecule has 0 aliphatic carbocycles. The van der Waals surface area contributed by atoms with Crippen LogP contribution in [0.25, 0.3) is 0 Å². The van der Waals surface area contributed by atoms with Crippen LogP contribution in [0.4, 0.5) is 0 Å². The largest absolute Gasteiger partial charge is 0.473 e. The maximum absolute atomic E-state index is 12.7. The monoisotopic (exact) mass is 487 g/mol. The molecule has 8 heteroatoms. The Bertz CT molecular complexity index is 1380. The van der Waals surface area contributed by atoms with E-state index < -0.39 is 10.0 Å². The summed E-state index contributed by atoms with van der Waals surface area (Å²) in [6, 6.07) is 28.5. The van der Waals surface area contributed by atoms with Crippen molar-refractivity contribution >= 4 is 15.9 Å². The molecule has 1 heterocycles. The SMILES string of the molecule is O=C(NCc1ccnc(OCc2ccccc2)c1)c1cccc(S(=O)(=O)NCc2ccccc2)c1. The number of carbonyl (C=O) groups excluding carboxylic acids is 1. The first-order valence-corrected chi connectivity index (χ1v) is 12.5. The van der Waals surface area contributed by atoms with Crippen LogP contribution in [0.3, 0.4) is 0 Å². The molecule has 0 spiro atoms. The van der Waals surface area contributed by atoms with Gasteiger partial charge in [-0.25, -0.2) is 18.1 Å². The number of ether oxygens (including phenoxy) is 1. The summed E-state index contributed by atoms with van der Waals surface area (Å²) >= 11 is 0. The summed E-state index contributed by atoms with van der Waals surface area (Å²) in [5, 5.41) is 2.82. The second kappa shape index (κ2) is 11.4. The van der Waals surface area contributed by atoms with Crippen LogP contribution in [0.5, 0.6) is 5.88 Å². The molecular formula is C27H25N3O4S. The third-order valence-corrected chi connectivity index (χ3v) is 6.60. The van der Waals surface area contributed by atoms with Gasteiger partial charge in [-0.3, -0.25) is 4.79 Å². The number of nitrogens with one attached hydrogen (secondary N) is 2. The minimum absolute atomic E-state index is 0.0293. The Balaban J connectivity index is 1.35. The smallest absolute Gasteiger partial charge is 0.251 e. The predicted octanol–water partition coefficient (Wildman–Crippen LogP) is 4.07. The van der Waals surface area contributed by atoms with Crippen molar-refractivity contribution < 1.29 is 17.9 Å². The Morgan fingerprint density at radius 1 is 0.771 bits per heavy atom. The van der Waals surface area contributed by atoms with E-state index in [1.54, 1.807) is 30.5 Å². The molecule has 0 aliphatic rings. The fourth-order valence-corrected chi connectivity index (χ4v) is 4.38. The highest BCUT2D eigenvalue weighted by atomic mass is 32.2. The summed E-state index contributed by atoms with van der Waals surface area (Å²) in [4.78, 5) is 16.9. The molecule has 1 aromatic heterocycles. The van der Waals surface area contributed by atoms with Crippen molar-refractivity contribution in [2.24, 2.45) is 0 Å². The Kier molecular flexibility index (Phi) is 7.87. The summed E-state index contributed by atoms with van der Waals surface area (Å²) in [7, 11) is -3.77. The zero-order chi connectivity index (χ0) is 24.5. The highest BCUT2D eigenvalue weighted by Crippen LogP contribution is 2.14. The highest BCUT2D eigenvalue weighted by molar-refractivity contribution is 7.89. The third-order valence-electron chi connectivity index (χ3n) is 5.20. The molecule has 0 saturated carbocycles. The molecule has 2 N–H and O–H groups in total. The van der Waals surface area contributed by atoms with Crippen molar-refractivity contribution in [3.8, 4) is 5.88 Å². The van der Waals surface area contributed by atoms with Gasteiger partial charge < -0.3 is 10.1 Å². The van der Waals surface area contributed by atoms with Gasteiger partial charge in [0.1, 0.15) is 6.61 Å². The molecule has 0 saturated heterocycles. The lowest BCUT2D eigenvalue weighted by Gasteiger charge is -2.10. The summed E-state index contributed by atoms with van der Waals surface area (Å²) in [5.41, 5.74) is 2.93. The molecule has 0 unspecified atom stereocenters. The van der Waals surface area contributed by atoms with Gasteiger partial charge >= 0.3 is 0 Å². The molecule has 178 valence electrons. The van der Waals surface area contributed by atoms with Crippen molar-refractivity contribution in [2.45, 2.75) is 24.6 Å².